The van der Waals surface area contributed by atoms with Crippen molar-refractivity contribution >= 4 is 75.1 Å². The predicted octanol–water partition coefficient (Wildman–Crippen LogP) is 13.6. The summed E-state index contributed by atoms with van der Waals surface area (Å²) in [5.41, 5.74) is 12.0. The minimum Gasteiger partial charge on any atom is -0.307 e. The van der Waals surface area contributed by atoms with Crippen molar-refractivity contribution < 1.29 is 0 Å². The molecule has 3 aromatic heterocycles. The van der Waals surface area contributed by atoms with Gasteiger partial charge in [-0.25, -0.2) is 0 Å². The molecule has 0 aliphatic heterocycles. The van der Waals surface area contributed by atoms with Gasteiger partial charge < -0.3 is 9.13 Å². The molecule has 0 spiro atoms. The molecule has 0 aliphatic rings. The van der Waals surface area contributed by atoms with E-state index in [1.54, 1.807) is 0 Å². The number of hydrogen-bond acceptors (Lipinski definition) is 1. The molecule has 11 rings (SSSR count). The Labute approximate surface area is 298 Å². The summed E-state index contributed by atoms with van der Waals surface area (Å²) in [5, 5.41) is 7.67. The molecule has 2 nitrogen and oxygen atoms in total. The van der Waals surface area contributed by atoms with Crippen molar-refractivity contribution in [1.29, 1.82) is 0 Å². The topological polar surface area (TPSA) is 9.86 Å². The van der Waals surface area contributed by atoms with Crippen LogP contribution in [0.25, 0.3) is 97.4 Å². The normalized spacial score (nSPS) is 11.9. The van der Waals surface area contributed by atoms with Crippen LogP contribution in [0, 0.1) is 0 Å². The number of rotatable bonds is 4. The van der Waals surface area contributed by atoms with Crippen LogP contribution >= 0.6 is 11.3 Å². The number of hydrogen-bond donors (Lipinski definition) is 0. The molecule has 0 atom stereocenters. The van der Waals surface area contributed by atoms with Crippen LogP contribution in [0.4, 0.5) is 0 Å². The third kappa shape index (κ3) is 4.29. The fourth-order valence-electron chi connectivity index (χ4n) is 8.18. The van der Waals surface area contributed by atoms with Crippen molar-refractivity contribution in [3.8, 4) is 33.6 Å². The lowest BCUT2D eigenvalue weighted by atomic mass is 10.0. The summed E-state index contributed by atoms with van der Waals surface area (Å²) in [6, 6.07) is 66.7. The van der Waals surface area contributed by atoms with Gasteiger partial charge in [0.05, 0.1) is 22.1 Å². The standard InChI is InChI=1S/C48H30N2S/c1-2-10-31(11-3-1)32-18-23-35(24-19-32)49-43-15-7-4-12-37(43)40-27-28-41-38-13-5-8-16-44(38)50(48(41)47(40)49)36-25-20-33(21-26-36)34-22-29-46-42(30-34)39-14-6-9-17-45(39)51-46/h1-30H. The molecule has 238 valence electrons. The van der Waals surface area contributed by atoms with E-state index in [0.29, 0.717) is 0 Å². The summed E-state index contributed by atoms with van der Waals surface area (Å²) in [4.78, 5) is 0. The highest BCUT2D eigenvalue weighted by atomic mass is 32.1. The maximum absolute atomic E-state index is 2.47. The zero-order chi connectivity index (χ0) is 33.5. The second-order valence-corrected chi connectivity index (χ2v) is 14.4. The van der Waals surface area contributed by atoms with Gasteiger partial charge in [0.15, 0.2) is 0 Å². The summed E-state index contributed by atoms with van der Waals surface area (Å²) in [7, 11) is 0. The molecule has 0 saturated heterocycles. The van der Waals surface area contributed by atoms with Gasteiger partial charge in [0.2, 0.25) is 0 Å². The Balaban J connectivity index is 1.14. The van der Waals surface area contributed by atoms with E-state index in [9.17, 15) is 0 Å². The summed E-state index contributed by atoms with van der Waals surface area (Å²) in [6.45, 7) is 0. The lowest BCUT2D eigenvalue weighted by Crippen LogP contribution is -1.98. The van der Waals surface area contributed by atoms with Crippen molar-refractivity contribution in [3.63, 3.8) is 0 Å². The average Bonchev–Trinajstić information content (AvgIpc) is 3.86. The number of para-hydroxylation sites is 2. The molecule has 8 aromatic carbocycles. The molecule has 0 radical (unpaired) electrons. The van der Waals surface area contributed by atoms with Crippen LogP contribution in [-0.2, 0) is 0 Å². The summed E-state index contributed by atoms with van der Waals surface area (Å²) < 4.78 is 7.60. The number of benzene rings is 8. The third-order valence-corrected chi connectivity index (χ3v) is 11.7. The van der Waals surface area contributed by atoms with E-state index in [1.807, 2.05) is 11.3 Å². The molecular formula is C48H30N2S. The molecule has 51 heavy (non-hydrogen) atoms. The van der Waals surface area contributed by atoms with Crippen molar-refractivity contribution in [2.45, 2.75) is 0 Å². The largest absolute Gasteiger partial charge is 0.307 e. The molecule has 3 heterocycles. The van der Waals surface area contributed by atoms with Gasteiger partial charge in [-0.3, -0.25) is 0 Å². The van der Waals surface area contributed by atoms with Gasteiger partial charge in [0.1, 0.15) is 0 Å². The van der Waals surface area contributed by atoms with Crippen LogP contribution < -0.4 is 0 Å². The van der Waals surface area contributed by atoms with Gasteiger partial charge in [-0.2, -0.15) is 0 Å². The van der Waals surface area contributed by atoms with E-state index in [1.165, 1.54) is 86.0 Å². The van der Waals surface area contributed by atoms with Crippen molar-refractivity contribution in [2.24, 2.45) is 0 Å². The summed E-state index contributed by atoms with van der Waals surface area (Å²) in [5.74, 6) is 0. The van der Waals surface area contributed by atoms with E-state index in [-0.39, 0.29) is 0 Å². The number of thiophene rings is 1. The van der Waals surface area contributed by atoms with Gasteiger partial charge in [-0.05, 0) is 76.9 Å². The van der Waals surface area contributed by atoms with Crippen molar-refractivity contribution in [1.82, 2.24) is 9.13 Å². The third-order valence-electron chi connectivity index (χ3n) is 10.5. The summed E-state index contributed by atoms with van der Waals surface area (Å²) in [6.07, 6.45) is 0. The molecule has 0 bridgehead atoms. The molecule has 0 N–H and O–H groups in total. The predicted molar refractivity (Wildman–Crippen MR) is 219 cm³/mol. The lowest BCUT2D eigenvalue weighted by Gasteiger charge is -2.13. The fourth-order valence-corrected chi connectivity index (χ4v) is 9.27. The van der Waals surface area contributed by atoms with E-state index >= 15 is 0 Å². The first kappa shape index (κ1) is 28.4. The Bertz CT molecular complexity index is 3100. The van der Waals surface area contributed by atoms with Gasteiger partial charge >= 0.3 is 0 Å². The molecular weight excluding hydrogens is 637 g/mol. The zero-order valence-corrected chi connectivity index (χ0v) is 28.4. The highest BCUT2D eigenvalue weighted by Gasteiger charge is 2.21. The molecule has 0 unspecified atom stereocenters. The highest BCUT2D eigenvalue weighted by Crippen LogP contribution is 2.42. The van der Waals surface area contributed by atoms with Crippen LogP contribution in [-0.4, -0.2) is 9.13 Å². The lowest BCUT2D eigenvalue weighted by molar-refractivity contribution is 1.15. The Kier molecular flexibility index (Phi) is 6.16. The fraction of sp³-hybridized carbons (Fsp3) is 0. The van der Waals surface area contributed by atoms with Crippen LogP contribution in [0.1, 0.15) is 0 Å². The Morgan fingerprint density at radius 2 is 0.745 bits per heavy atom. The highest BCUT2D eigenvalue weighted by molar-refractivity contribution is 7.25. The van der Waals surface area contributed by atoms with Gasteiger partial charge in [0.25, 0.3) is 0 Å². The molecule has 0 amide bonds. The first-order valence-electron chi connectivity index (χ1n) is 17.4. The van der Waals surface area contributed by atoms with Gasteiger partial charge in [-0.1, -0.05) is 127 Å². The molecule has 0 fully saturated rings. The molecule has 0 saturated carbocycles. The smallest absolute Gasteiger partial charge is 0.0788 e. The van der Waals surface area contributed by atoms with Crippen molar-refractivity contribution in [3.05, 3.63) is 182 Å². The van der Waals surface area contributed by atoms with Crippen LogP contribution in [0.5, 0.6) is 0 Å². The SMILES string of the molecule is c1ccc(-c2ccc(-n3c4ccccc4c4ccc5c6ccccc6n(-c6ccc(-c7ccc8sc9ccccc9c8c7)cc6)c5c43)cc2)cc1. The van der Waals surface area contributed by atoms with Crippen molar-refractivity contribution in [2.75, 3.05) is 0 Å². The summed E-state index contributed by atoms with van der Waals surface area (Å²) >= 11 is 1.86. The van der Waals surface area contributed by atoms with E-state index in [2.05, 4.69) is 191 Å². The zero-order valence-electron chi connectivity index (χ0n) is 27.6. The second kappa shape index (κ2) is 11.0. The van der Waals surface area contributed by atoms with Gasteiger partial charge in [0, 0.05) is 53.1 Å². The molecule has 11 aromatic rings. The number of nitrogens with zero attached hydrogens (tertiary/aromatic N) is 2. The van der Waals surface area contributed by atoms with Gasteiger partial charge in [-0.15, -0.1) is 11.3 Å². The maximum Gasteiger partial charge on any atom is 0.0788 e. The van der Waals surface area contributed by atoms with E-state index in [0.717, 1.165) is 11.4 Å². The maximum atomic E-state index is 2.47. The van der Waals surface area contributed by atoms with E-state index in [4.69, 9.17) is 0 Å². The van der Waals surface area contributed by atoms with Crippen LogP contribution in [0.2, 0.25) is 0 Å². The van der Waals surface area contributed by atoms with Crippen LogP contribution in [0.15, 0.2) is 182 Å². The van der Waals surface area contributed by atoms with E-state index < -0.39 is 0 Å². The quantitative estimate of drug-likeness (QED) is 0.177. The first-order valence-corrected chi connectivity index (χ1v) is 18.3. The minimum atomic E-state index is 1.15. The molecule has 0 aliphatic carbocycles. The number of aromatic nitrogens is 2. The first-order chi connectivity index (χ1) is 25.3. The Morgan fingerprint density at radius 3 is 1.35 bits per heavy atom. The Morgan fingerprint density at radius 1 is 0.294 bits per heavy atom. The average molecular weight is 667 g/mol. The minimum absolute atomic E-state index is 1.15. The Hall–Kier alpha value is -6.42. The second-order valence-electron chi connectivity index (χ2n) is 13.3. The number of fused-ring (bicyclic) bond motifs is 10. The molecule has 3 heteroatoms. The van der Waals surface area contributed by atoms with Crippen LogP contribution in [0.3, 0.4) is 0 Å². The monoisotopic (exact) mass is 666 g/mol.